The van der Waals surface area contributed by atoms with Gasteiger partial charge in [-0.25, -0.2) is 0 Å². The lowest BCUT2D eigenvalue weighted by Crippen LogP contribution is -2.42. The summed E-state index contributed by atoms with van der Waals surface area (Å²) in [5.41, 5.74) is 6.13. The number of amides is 2. The fourth-order valence-electron chi connectivity index (χ4n) is 2.91. The number of hydrogen-bond acceptors (Lipinski definition) is 3. The normalized spacial score (nSPS) is 17.2. The molecule has 5 heteroatoms. The smallest absolute Gasteiger partial charge is 0.256 e. The first-order chi connectivity index (χ1) is 10.6. The lowest BCUT2D eigenvalue weighted by Gasteiger charge is -2.33. The van der Waals surface area contributed by atoms with Crippen molar-refractivity contribution in [2.75, 3.05) is 19.7 Å². The highest BCUT2D eigenvalue weighted by molar-refractivity contribution is 5.82. The maximum atomic E-state index is 12.7. The van der Waals surface area contributed by atoms with Gasteiger partial charge in [0, 0.05) is 26.1 Å². The molecule has 0 radical (unpaired) electrons. The second-order valence-electron chi connectivity index (χ2n) is 5.69. The van der Waals surface area contributed by atoms with Crippen LogP contribution >= 0.6 is 0 Å². The van der Waals surface area contributed by atoms with E-state index in [4.69, 9.17) is 10.5 Å². The van der Waals surface area contributed by atoms with Gasteiger partial charge in [0.2, 0.25) is 5.91 Å². The van der Waals surface area contributed by atoms with Gasteiger partial charge in [-0.3, -0.25) is 9.59 Å². The maximum Gasteiger partial charge on any atom is 0.256 e. The van der Waals surface area contributed by atoms with Gasteiger partial charge in [-0.15, -0.1) is 0 Å². The molecule has 0 saturated carbocycles. The first-order valence-electron chi connectivity index (χ1n) is 7.85. The predicted octanol–water partition coefficient (Wildman–Crippen LogP) is 1.88. The molecule has 1 saturated heterocycles. The molecule has 0 aromatic heterocycles. The van der Waals surface area contributed by atoms with Crippen molar-refractivity contribution in [3.05, 3.63) is 35.9 Å². The zero-order chi connectivity index (χ0) is 15.9. The quantitative estimate of drug-likeness (QED) is 0.872. The van der Waals surface area contributed by atoms with Crippen molar-refractivity contribution in [1.82, 2.24) is 4.90 Å². The van der Waals surface area contributed by atoms with Crippen LogP contribution in [0.4, 0.5) is 0 Å². The van der Waals surface area contributed by atoms with Crippen LogP contribution in [-0.2, 0) is 14.3 Å². The summed E-state index contributed by atoms with van der Waals surface area (Å²) in [7, 11) is 0. The number of primary amides is 1. The molecule has 0 spiro atoms. The molecule has 1 aliphatic heterocycles. The summed E-state index contributed by atoms with van der Waals surface area (Å²) in [5, 5.41) is 0. The molecule has 1 atom stereocenters. The van der Waals surface area contributed by atoms with Gasteiger partial charge in [-0.1, -0.05) is 30.3 Å². The summed E-state index contributed by atoms with van der Waals surface area (Å²) in [6, 6.07) is 9.57. The minimum absolute atomic E-state index is 0.00516. The Morgan fingerprint density at radius 3 is 2.45 bits per heavy atom. The van der Waals surface area contributed by atoms with Crippen LogP contribution in [0.3, 0.4) is 0 Å². The van der Waals surface area contributed by atoms with Crippen LogP contribution in [0.2, 0.25) is 0 Å². The van der Waals surface area contributed by atoms with E-state index in [2.05, 4.69) is 0 Å². The lowest BCUT2D eigenvalue weighted by atomic mass is 9.93. The third-order valence-corrected chi connectivity index (χ3v) is 4.08. The van der Waals surface area contributed by atoms with Gasteiger partial charge < -0.3 is 15.4 Å². The van der Waals surface area contributed by atoms with E-state index >= 15 is 0 Å². The highest BCUT2D eigenvalue weighted by Gasteiger charge is 2.30. The first-order valence-corrected chi connectivity index (χ1v) is 7.85. The van der Waals surface area contributed by atoms with Gasteiger partial charge in [0.15, 0.2) is 6.10 Å². The summed E-state index contributed by atoms with van der Waals surface area (Å²) in [6.07, 6.45) is 1.51. The molecule has 1 aromatic carbocycles. The number of benzene rings is 1. The van der Waals surface area contributed by atoms with E-state index in [1.165, 1.54) is 0 Å². The molecule has 120 valence electrons. The second-order valence-corrected chi connectivity index (χ2v) is 5.69. The van der Waals surface area contributed by atoms with Gasteiger partial charge in [-0.2, -0.15) is 0 Å². The molecule has 22 heavy (non-hydrogen) atoms. The third-order valence-electron chi connectivity index (χ3n) is 4.08. The Balaban J connectivity index is 1.99. The fourth-order valence-corrected chi connectivity index (χ4v) is 2.91. The summed E-state index contributed by atoms with van der Waals surface area (Å²) >= 11 is 0. The largest absolute Gasteiger partial charge is 0.370 e. The molecule has 0 unspecified atom stereocenters. The Kier molecular flexibility index (Phi) is 5.95. The Morgan fingerprint density at radius 1 is 1.27 bits per heavy atom. The Labute approximate surface area is 131 Å². The van der Waals surface area contributed by atoms with E-state index in [-0.39, 0.29) is 11.8 Å². The minimum atomic E-state index is -0.543. The number of likely N-dealkylation sites (tertiary alicyclic amines) is 1. The predicted molar refractivity (Wildman–Crippen MR) is 83.9 cm³/mol. The van der Waals surface area contributed by atoms with Crippen LogP contribution in [0.1, 0.15) is 37.9 Å². The summed E-state index contributed by atoms with van der Waals surface area (Å²) in [6.45, 7) is 3.70. The van der Waals surface area contributed by atoms with E-state index in [9.17, 15) is 9.59 Å². The molecule has 1 fully saturated rings. The average Bonchev–Trinajstić information content (AvgIpc) is 2.53. The summed E-state index contributed by atoms with van der Waals surface area (Å²) < 4.78 is 5.67. The number of carbonyl (C=O) groups excluding carboxylic acids is 2. The highest BCUT2D eigenvalue weighted by atomic mass is 16.5. The first kappa shape index (κ1) is 16.5. The van der Waals surface area contributed by atoms with Gasteiger partial charge in [0.25, 0.3) is 5.91 Å². The van der Waals surface area contributed by atoms with Gasteiger partial charge in [0.1, 0.15) is 0 Å². The molecule has 0 bridgehead atoms. The van der Waals surface area contributed by atoms with Crippen LogP contribution in [-0.4, -0.2) is 36.4 Å². The molecule has 2 rings (SSSR count). The van der Waals surface area contributed by atoms with Crippen molar-refractivity contribution in [2.45, 2.75) is 32.3 Å². The molecule has 5 nitrogen and oxygen atoms in total. The van der Waals surface area contributed by atoms with Crippen molar-refractivity contribution in [2.24, 2.45) is 11.7 Å². The molecule has 1 aliphatic rings. The fraction of sp³-hybridized carbons (Fsp3) is 0.529. The number of rotatable bonds is 6. The van der Waals surface area contributed by atoms with Crippen molar-refractivity contribution in [1.29, 1.82) is 0 Å². The monoisotopic (exact) mass is 304 g/mol. The zero-order valence-corrected chi connectivity index (χ0v) is 13.0. The Morgan fingerprint density at radius 2 is 1.91 bits per heavy atom. The topological polar surface area (TPSA) is 72.6 Å². The minimum Gasteiger partial charge on any atom is -0.370 e. The van der Waals surface area contributed by atoms with Crippen molar-refractivity contribution < 1.29 is 14.3 Å². The van der Waals surface area contributed by atoms with E-state index in [0.29, 0.717) is 32.0 Å². The van der Waals surface area contributed by atoms with Crippen LogP contribution in [0.25, 0.3) is 0 Å². The number of hydrogen-bond donors (Lipinski definition) is 1. The molecule has 2 N–H and O–H groups in total. The van der Waals surface area contributed by atoms with E-state index in [0.717, 1.165) is 18.4 Å². The number of nitrogens with zero attached hydrogens (tertiary/aromatic N) is 1. The lowest BCUT2D eigenvalue weighted by molar-refractivity contribution is -0.145. The number of carbonyl (C=O) groups is 2. The standard InChI is InChI=1S/C17H24N2O3/c1-2-22-16(14-6-4-3-5-7-14)17(21)19-10-8-13(9-11-19)12-15(18)20/h3-7,13,16H,2,8-12H2,1H3,(H2,18,20)/t16-/m1/s1. The van der Waals surface area contributed by atoms with Gasteiger partial charge in [-0.05, 0) is 31.2 Å². The molecular formula is C17H24N2O3. The van der Waals surface area contributed by atoms with Gasteiger partial charge in [0.05, 0.1) is 0 Å². The SMILES string of the molecule is CCO[C@@H](C(=O)N1CCC(CC(N)=O)CC1)c1ccccc1. The summed E-state index contributed by atoms with van der Waals surface area (Å²) in [4.78, 5) is 25.5. The van der Waals surface area contributed by atoms with Crippen molar-refractivity contribution in [3.8, 4) is 0 Å². The molecule has 2 amide bonds. The van der Waals surface area contributed by atoms with Crippen LogP contribution in [0.15, 0.2) is 30.3 Å². The third kappa shape index (κ3) is 4.31. The van der Waals surface area contributed by atoms with E-state index in [1.807, 2.05) is 42.2 Å². The highest BCUT2D eigenvalue weighted by Crippen LogP contribution is 2.25. The number of nitrogens with two attached hydrogens (primary N) is 1. The Hall–Kier alpha value is -1.88. The average molecular weight is 304 g/mol. The van der Waals surface area contributed by atoms with Crippen molar-refractivity contribution >= 4 is 11.8 Å². The molecular weight excluding hydrogens is 280 g/mol. The maximum absolute atomic E-state index is 12.7. The van der Waals surface area contributed by atoms with E-state index < -0.39 is 6.10 Å². The van der Waals surface area contributed by atoms with Gasteiger partial charge >= 0.3 is 0 Å². The van der Waals surface area contributed by atoms with Crippen LogP contribution in [0.5, 0.6) is 0 Å². The number of ether oxygens (including phenoxy) is 1. The second kappa shape index (κ2) is 7.94. The molecule has 0 aliphatic carbocycles. The summed E-state index contributed by atoms with van der Waals surface area (Å²) in [5.74, 6) is 0.0376. The Bertz CT molecular complexity index is 496. The van der Waals surface area contributed by atoms with Crippen LogP contribution in [0, 0.1) is 5.92 Å². The van der Waals surface area contributed by atoms with E-state index in [1.54, 1.807) is 0 Å². The van der Waals surface area contributed by atoms with Crippen molar-refractivity contribution in [3.63, 3.8) is 0 Å². The molecule has 1 aromatic rings. The van der Waals surface area contributed by atoms with Crippen LogP contribution < -0.4 is 5.73 Å². The molecule has 1 heterocycles. The number of piperidine rings is 1. The zero-order valence-electron chi connectivity index (χ0n) is 13.0.